The predicted octanol–water partition coefficient (Wildman–Crippen LogP) is 2.71. The Morgan fingerprint density at radius 3 is 2.47 bits per heavy atom. The summed E-state index contributed by atoms with van der Waals surface area (Å²) in [7, 11) is 0. The van der Waals surface area contributed by atoms with Gasteiger partial charge in [0.2, 0.25) is 0 Å². The second-order valence-corrected chi connectivity index (χ2v) is 3.60. The number of hydrogen-bond donors (Lipinski definition) is 3. The van der Waals surface area contributed by atoms with E-state index < -0.39 is 5.97 Å². The fourth-order valence-corrected chi connectivity index (χ4v) is 1.52. The van der Waals surface area contributed by atoms with Crippen molar-refractivity contribution < 1.29 is 9.90 Å². The van der Waals surface area contributed by atoms with Gasteiger partial charge in [0.25, 0.3) is 0 Å². The summed E-state index contributed by atoms with van der Waals surface area (Å²) >= 11 is 0. The summed E-state index contributed by atoms with van der Waals surface area (Å²) in [5.41, 5.74) is 7.52. The van der Waals surface area contributed by atoms with Crippen LogP contribution in [-0.4, -0.2) is 11.1 Å². The summed E-state index contributed by atoms with van der Waals surface area (Å²) in [6.07, 6.45) is 0. The topological polar surface area (TPSA) is 75.3 Å². The second kappa shape index (κ2) is 4.57. The van der Waals surface area contributed by atoms with Crippen LogP contribution in [0.15, 0.2) is 48.5 Å². The number of hydrogen-bond acceptors (Lipinski definition) is 3. The van der Waals surface area contributed by atoms with Crippen LogP contribution in [0.5, 0.6) is 0 Å². The number of anilines is 3. The molecule has 0 heterocycles. The van der Waals surface area contributed by atoms with Gasteiger partial charge in [0.1, 0.15) is 0 Å². The van der Waals surface area contributed by atoms with E-state index in [1.807, 2.05) is 30.3 Å². The first-order chi connectivity index (χ1) is 8.16. The van der Waals surface area contributed by atoms with Gasteiger partial charge in [-0.3, -0.25) is 0 Å². The summed E-state index contributed by atoms with van der Waals surface area (Å²) in [5.74, 6) is -1.00. The van der Waals surface area contributed by atoms with E-state index in [1.54, 1.807) is 12.1 Å². The van der Waals surface area contributed by atoms with Gasteiger partial charge in [-0.25, -0.2) is 4.79 Å². The van der Waals surface area contributed by atoms with Crippen LogP contribution in [0, 0.1) is 0 Å². The molecule has 4 nitrogen and oxygen atoms in total. The number of benzene rings is 2. The number of nitrogens with two attached hydrogens (primary N) is 1. The number of carboxylic acid groups (broad SMARTS) is 1. The molecule has 2 rings (SSSR count). The minimum Gasteiger partial charge on any atom is -0.478 e. The van der Waals surface area contributed by atoms with Gasteiger partial charge in [-0.05, 0) is 30.3 Å². The van der Waals surface area contributed by atoms with E-state index in [4.69, 9.17) is 10.8 Å². The Bertz CT molecular complexity index is 538. The molecule has 2 aromatic carbocycles. The molecular weight excluding hydrogens is 216 g/mol. The lowest BCUT2D eigenvalue weighted by Gasteiger charge is -2.10. The van der Waals surface area contributed by atoms with Crippen LogP contribution in [0.2, 0.25) is 0 Å². The molecule has 0 aliphatic heterocycles. The van der Waals surface area contributed by atoms with Gasteiger partial charge in [0, 0.05) is 11.4 Å². The number of para-hydroxylation sites is 1. The van der Waals surface area contributed by atoms with E-state index in [0.717, 1.165) is 5.69 Å². The van der Waals surface area contributed by atoms with Crippen molar-refractivity contribution in [2.45, 2.75) is 0 Å². The number of carbonyl (C=O) groups is 1. The Morgan fingerprint density at radius 2 is 1.82 bits per heavy atom. The van der Waals surface area contributed by atoms with Crippen LogP contribution < -0.4 is 11.1 Å². The molecule has 0 aliphatic rings. The molecular formula is C13H12N2O2. The van der Waals surface area contributed by atoms with E-state index in [2.05, 4.69) is 5.32 Å². The number of rotatable bonds is 3. The first-order valence-electron chi connectivity index (χ1n) is 5.12. The quantitative estimate of drug-likeness (QED) is 0.706. The van der Waals surface area contributed by atoms with Gasteiger partial charge in [0.05, 0.1) is 11.3 Å². The molecule has 0 fully saturated rings. The molecule has 2 aromatic rings. The zero-order valence-electron chi connectivity index (χ0n) is 9.05. The highest BCUT2D eigenvalue weighted by Gasteiger charge is 2.10. The number of aromatic carboxylic acids is 1. The third-order valence-electron chi connectivity index (χ3n) is 2.33. The highest BCUT2D eigenvalue weighted by atomic mass is 16.4. The second-order valence-electron chi connectivity index (χ2n) is 3.60. The molecule has 4 N–H and O–H groups in total. The number of carboxylic acids is 1. The summed E-state index contributed by atoms with van der Waals surface area (Å²) in [4.78, 5) is 11.1. The fourth-order valence-electron chi connectivity index (χ4n) is 1.52. The molecule has 0 unspecified atom stereocenters. The SMILES string of the molecule is Nc1ccc(Nc2ccccc2)c(C(=O)O)c1. The van der Waals surface area contributed by atoms with Gasteiger partial charge in [-0.2, -0.15) is 0 Å². The van der Waals surface area contributed by atoms with Gasteiger partial charge >= 0.3 is 5.97 Å². The zero-order chi connectivity index (χ0) is 12.3. The standard InChI is InChI=1S/C13H12N2O2/c14-9-6-7-12(11(8-9)13(16)17)15-10-4-2-1-3-5-10/h1-8,15H,14H2,(H,16,17). The Kier molecular flexibility index (Phi) is 2.96. The molecule has 4 heteroatoms. The maximum atomic E-state index is 11.1. The van der Waals surface area contributed by atoms with Crippen molar-refractivity contribution >= 4 is 23.0 Å². The Hall–Kier alpha value is -2.49. The average Bonchev–Trinajstić information content (AvgIpc) is 2.32. The summed E-state index contributed by atoms with van der Waals surface area (Å²) in [6, 6.07) is 14.1. The summed E-state index contributed by atoms with van der Waals surface area (Å²) in [5, 5.41) is 12.1. The lowest BCUT2D eigenvalue weighted by molar-refractivity contribution is 0.0698. The van der Waals surface area contributed by atoms with Crippen LogP contribution in [0.4, 0.5) is 17.1 Å². The fraction of sp³-hybridized carbons (Fsp3) is 0. The van der Waals surface area contributed by atoms with E-state index in [1.165, 1.54) is 6.07 Å². The summed E-state index contributed by atoms with van der Waals surface area (Å²) in [6.45, 7) is 0. The average molecular weight is 228 g/mol. The van der Waals surface area contributed by atoms with Crippen molar-refractivity contribution in [1.82, 2.24) is 0 Å². The van der Waals surface area contributed by atoms with E-state index >= 15 is 0 Å². The van der Waals surface area contributed by atoms with Gasteiger partial charge in [-0.1, -0.05) is 18.2 Å². The molecule has 0 saturated heterocycles. The van der Waals surface area contributed by atoms with Crippen molar-refractivity contribution in [1.29, 1.82) is 0 Å². The van der Waals surface area contributed by atoms with Crippen LogP contribution >= 0.6 is 0 Å². The third-order valence-corrected chi connectivity index (χ3v) is 2.33. The molecule has 0 aromatic heterocycles. The first-order valence-corrected chi connectivity index (χ1v) is 5.12. The van der Waals surface area contributed by atoms with E-state index in [9.17, 15) is 4.79 Å². The maximum Gasteiger partial charge on any atom is 0.337 e. The molecule has 86 valence electrons. The molecule has 0 amide bonds. The predicted molar refractivity (Wildman–Crippen MR) is 67.5 cm³/mol. The minimum absolute atomic E-state index is 0.161. The van der Waals surface area contributed by atoms with Crippen LogP contribution in [-0.2, 0) is 0 Å². The Balaban J connectivity index is 2.36. The van der Waals surface area contributed by atoms with Crippen LogP contribution in [0.25, 0.3) is 0 Å². The van der Waals surface area contributed by atoms with Gasteiger partial charge < -0.3 is 16.2 Å². The Morgan fingerprint density at radius 1 is 1.12 bits per heavy atom. The normalized spacial score (nSPS) is 9.88. The number of nitrogen functional groups attached to an aromatic ring is 1. The van der Waals surface area contributed by atoms with Crippen molar-refractivity contribution in [3.05, 3.63) is 54.1 Å². The smallest absolute Gasteiger partial charge is 0.337 e. The highest BCUT2D eigenvalue weighted by molar-refractivity contribution is 5.96. The molecule has 0 radical (unpaired) electrons. The van der Waals surface area contributed by atoms with E-state index in [0.29, 0.717) is 11.4 Å². The van der Waals surface area contributed by atoms with Crippen molar-refractivity contribution in [2.75, 3.05) is 11.1 Å². The maximum absolute atomic E-state index is 11.1. The third kappa shape index (κ3) is 2.55. The highest BCUT2D eigenvalue weighted by Crippen LogP contribution is 2.23. The van der Waals surface area contributed by atoms with Crippen molar-refractivity contribution in [3.8, 4) is 0 Å². The molecule has 0 spiro atoms. The Labute approximate surface area is 98.7 Å². The van der Waals surface area contributed by atoms with Crippen molar-refractivity contribution in [3.63, 3.8) is 0 Å². The monoisotopic (exact) mass is 228 g/mol. The van der Waals surface area contributed by atoms with Crippen LogP contribution in [0.3, 0.4) is 0 Å². The molecule has 0 bridgehead atoms. The van der Waals surface area contributed by atoms with E-state index in [-0.39, 0.29) is 5.56 Å². The minimum atomic E-state index is -1.00. The van der Waals surface area contributed by atoms with Crippen molar-refractivity contribution in [2.24, 2.45) is 0 Å². The molecule has 0 atom stereocenters. The lowest BCUT2D eigenvalue weighted by atomic mass is 10.1. The lowest BCUT2D eigenvalue weighted by Crippen LogP contribution is -2.03. The first kappa shape index (κ1) is 11.0. The summed E-state index contributed by atoms with van der Waals surface area (Å²) < 4.78 is 0. The number of nitrogens with one attached hydrogen (secondary N) is 1. The van der Waals surface area contributed by atoms with Gasteiger partial charge in [0.15, 0.2) is 0 Å². The molecule has 0 aliphatic carbocycles. The largest absolute Gasteiger partial charge is 0.478 e. The molecule has 0 saturated carbocycles. The van der Waals surface area contributed by atoms with Crippen LogP contribution in [0.1, 0.15) is 10.4 Å². The van der Waals surface area contributed by atoms with Gasteiger partial charge in [-0.15, -0.1) is 0 Å². The zero-order valence-corrected chi connectivity index (χ0v) is 9.05. The molecule has 17 heavy (non-hydrogen) atoms.